The number of hydrogen-bond donors (Lipinski definition) is 1. The third kappa shape index (κ3) is 4.95. The van der Waals surface area contributed by atoms with Crippen LogP contribution >= 0.6 is 0 Å². The summed E-state index contributed by atoms with van der Waals surface area (Å²) in [5.41, 5.74) is 6.09. The van der Waals surface area contributed by atoms with Gasteiger partial charge in [0.05, 0.1) is 7.11 Å². The molecule has 0 saturated carbocycles. The van der Waals surface area contributed by atoms with Gasteiger partial charge in [-0.1, -0.05) is 0 Å². The number of hydrogen-bond acceptors (Lipinski definition) is 5. The molecular formula is C16H21NO4. The number of Topliss-reactive ketones (excluding diaryl/α,β-unsaturated/α-hetero) is 1. The monoisotopic (exact) mass is 291 g/mol. The van der Waals surface area contributed by atoms with Gasteiger partial charge < -0.3 is 15.2 Å². The van der Waals surface area contributed by atoms with Crippen molar-refractivity contribution in [3.8, 4) is 5.75 Å². The van der Waals surface area contributed by atoms with E-state index in [0.717, 1.165) is 0 Å². The lowest BCUT2D eigenvalue weighted by Crippen LogP contribution is -2.26. The van der Waals surface area contributed by atoms with Crippen LogP contribution in [-0.2, 0) is 14.3 Å². The quantitative estimate of drug-likeness (QED) is 0.303. The fourth-order valence-corrected chi connectivity index (χ4v) is 1.64. The highest BCUT2D eigenvalue weighted by molar-refractivity contribution is 6.20. The number of ether oxygens (including phenoxy) is 2. The van der Waals surface area contributed by atoms with Gasteiger partial charge in [-0.3, -0.25) is 4.79 Å². The number of nitrogens with two attached hydrogens (primary N) is 1. The molecule has 0 aromatic heterocycles. The topological polar surface area (TPSA) is 78.6 Å². The molecule has 0 amide bonds. The fraction of sp³-hybridized carbons (Fsp3) is 0.375. The third-order valence-electron chi connectivity index (χ3n) is 2.56. The van der Waals surface area contributed by atoms with Gasteiger partial charge >= 0.3 is 5.97 Å². The van der Waals surface area contributed by atoms with Crippen LogP contribution in [0.5, 0.6) is 5.75 Å². The van der Waals surface area contributed by atoms with Crippen LogP contribution in [0.25, 0.3) is 6.08 Å². The molecule has 0 aliphatic rings. The van der Waals surface area contributed by atoms with E-state index in [0.29, 0.717) is 17.0 Å². The standard InChI is InChI=1S/C16H21NO4/c1-10(18)13(15(19)21-16(2,3)4)8-11-6-7-12(17)9-14(11)20-5/h6-9H,17H2,1-5H3/b13-8+. The Kier molecular flexibility index (Phi) is 5.13. The van der Waals surface area contributed by atoms with Crippen LogP contribution in [0.15, 0.2) is 23.8 Å². The van der Waals surface area contributed by atoms with Crippen LogP contribution in [0.2, 0.25) is 0 Å². The molecule has 0 aliphatic carbocycles. The number of methoxy groups -OCH3 is 1. The maximum atomic E-state index is 12.1. The number of carbonyl (C=O) groups excluding carboxylic acids is 2. The zero-order valence-corrected chi connectivity index (χ0v) is 13.0. The highest BCUT2D eigenvalue weighted by Gasteiger charge is 2.23. The minimum absolute atomic E-state index is 0.0343. The van der Waals surface area contributed by atoms with Crippen molar-refractivity contribution >= 4 is 23.5 Å². The summed E-state index contributed by atoms with van der Waals surface area (Å²) in [4.78, 5) is 23.8. The maximum Gasteiger partial charge on any atom is 0.342 e. The minimum Gasteiger partial charge on any atom is -0.496 e. The smallest absolute Gasteiger partial charge is 0.342 e. The molecule has 0 radical (unpaired) electrons. The van der Waals surface area contributed by atoms with Crippen molar-refractivity contribution in [2.45, 2.75) is 33.3 Å². The Morgan fingerprint density at radius 1 is 1.24 bits per heavy atom. The molecule has 0 spiro atoms. The van der Waals surface area contributed by atoms with Crippen molar-refractivity contribution in [3.05, 3.63) is 29.3 Å². The van der Waals surface area contributed by atoms with E-state index in [1.165, 1.54) is 20.1 Å². The molecule has 1 rings (SSSR count). The van der Waals surface area contributed by atoms with Crippen molar-refractivity contribution in [2.75, 3.05) is 12.8 Å². The van der Waals surface area contributed by atoms with Crippen molar-refractivity contribution in [1.82, 2.24) is 0 Å². The van der Waals surface area contributed by atoms with Gasteiger partial charge in [-0.05, 0) is 45.9 Å². The lowest BCUT2D eigenvalue weighted by molar-refractivity contribution is -0.150. The molecule has 0 heterocycles. The van der Waals surface area contributed by atoms with Gasteiger partial charge in [0.1, 0.15) is 16.9 Å². The van der Waals surface area contributed by atoms with Gasteiger partial charge in [-0.15, -0.1) is 0 Å². The van der Waals surface area contributed by atoms with E-state index in [2.05, 4.69) is 0 Å². The molecule has 1 aromatic carbocycles. The molecule has 0 fully saturated rings. The minimum atomic E-state index is -0.670. The summed E-state index contributed by atoms with van der Waals surface area (Å²) in [7, 11) is 1.49. The van der Waals surface area contributed by atoms with Gasteiger partial charge in [0, 0.05) is 17.3 Å². The van der Waals surface area contributed by atoms with Gasteiger partial charge in [0.2, 0.25) is 0 Å². The molecule has 0 aliphatic heterocycles. The number of esters is 1. The van der Waals surface area contributed by atoms with Crippen molar-refractivity contribution < 1.29 is 19.1 Å². The van der Waals surface area contributed by atoms with Crippen LogP contribution in [0.4, 0.5) is 5.69 Å². The van der Waals surface area contributed by atoms with E-state index in [9.17, 15) is 9.59 Å². The number of nitrogen functional groups attached to an aromatic ring is 1. The summed E-state index contributed by atoms with van der Waals surface area (Å²) in [5.74, 6) is -0.547. The third-order valence-corrected chi connectivity index (χ3v) is 2.56. The van der Waals surface area contributed by atoms with E-state index in [1.54, 1.807) is 39.0 Å². The van der Waals surface area contributed by atoms with Crippen LogP contribution in [0.3, 0.4) is 0 Å². The number of benzene rings is 1. The Labute approximate surface area is 124 Å². The summed E-state index contributed by atoms with van der Waals surface area (Å²) in [5, 5.41) is 0. The van der Waals surface area contributed by atoms with Crippen molar-refractivity contribution in [1.29, 1.82) is 0 Å². The second kappa shape index (κ2) is 6.43. The highest BCUT2D eigenvalue weighted by Crippen LogP contribution is 2.25. The average Bonchev–Trinajstić information content (AvgIpc) is 2.34. The average molecular weight is 291 g/mol. The Hall–Kier alpha value is -2.30. The van der Waals surface area contributed by atoms with Crippen molar-refractivity contribution in [2.24, 2.45) is 0 Å². The zero-order valence-electron chi connectivity index (χ0n) is 13.0. The van der Waals surface area contributed by atoms with Gasteiger partial charge in [0.15, 0.2) is 5.78 Å². The first-order chi connectivity index (χ1) is 9.64. The van der Waals surface area contributed by atoms with E-state index >= 15 is 0 Å². The molecule has 2 N–H and O–H groups in total. The van der Waals surface area contributed by atoms with Crippen LogP contribution in [0, 0.1) is 0 Å². The largest absolute Gasteiger partial charge is 0.496 e. The summed E-state index contributed by atoms with van der Waals surface area (Å²) in [6.45, 7) is 6.55. The van der Waals surface area contributed by atoms with Crippen molar-refractivity contribution in [3.63, 3.8) is 0 Å². The lowest BCUT2D eigenvalue weighted by Gasteiger charge is -2.20. The number of carbonyl (C=O) groups is 2. The maximum absolute atomic E-state index is 12.1. The Morgan fingerprint density at radius 3 is 2.33 bits per heavy atom. The van der Waals surface area contributed by atoms with Gasteiger partial charge in [0.25, 0.3) is 0 Å². The number of rotatable bonds is 4. The fourth-order valence-electron chi connectivity index (χ4n) is 1.64. The summed E-state index contributed by atoms with van der Waals surface area (Å²) in [6, 6.07) is 4.97. The molecule has 1 aromatic rings. The van der Waals surface area contributed by atoms with Crippen LogP contribution < -0.4 is 10.5 Å². The molecule has 0 atom stereocenters. The first-order valence-electron chi connectivity index (χ1n) is 6.53. The Balaban J connectivity index is 3.23. The molecule has 5 heteroatoms. The van der Waals surface area contributed by atoms with Crippen LogP contribution in [0.1, 0.15) is 33.3 Å². The molecule has 0 saturated heterocycles. The molecule has 0 bridgehead atoms. The molecule has 0 unspecified atom stereocenters. The zero-order chi connectivity index (χ0) is 16.2. The van der Waals surface area contributed by atoms with Gasteiger partial charge in [-0.2, -0.15) is 0 Å². The summed E-state index contributed by atoms with van der Waals surface area (Å²) < 4.78 is 10.4. The van der Waals surface area contributed by atoms with Crippen LogP contribution in [-0.4, -0.2) is 24.5 Å². The molecule has 114 valence electrons. The summed E-state index contributed by atoms with van der Waals surface area (Å²) in [6.07, 6.45) is 1.45. The van der Waals surface area contributed by atoms with E-state index in [4.69, 9.17) is 15.2 Å². The van der Waals surface area contributed by atoms with E-state index in [-0.39, 0.29) is 11.4 Å². The second-order valence-electron chi connectivity index (χ2n) is 5.62. The van der Waals surface area contributed by atoms with Gasteiger partial charge in [-0.25, -0.2) is 4.79 Å². The molecular weight excluding hydrogens is 270 g/mol. The number of ketones is 1. The van der Waals surface area contributed by atoms with E-state index in [1.807, 2.05) is 0 Å². The van der Waals surface area contributed by atoms with E-state index < -0.39 is 11.6 Å². The Morgan fingerprint density at radius 2 is 1.86 bits per heavy atom. The predicted octanol–water partition coefficient (Wildman–Crippen LogP) is 2.59. The lowest BCUT2D eigenvalue weighted by atomic mass is 10.1. The normalized spacial score (nSPS) is 12.0. The predicted molar refractivity (Wildman–Crippen MR) is 81.9 cm³/mol. The number of anilines is 1. The first kappa shape index (κ1) is 16.8. The summed E-state index contributed by atoms with van der Waals surface area (Å²) >= 11 is 0. The highest BCUT2D eigenvalue weighted by atomic mass is 16.6. The Bertz CT molecular complexity index is 582. The SMILES string of the molecule is COc1cc(N)ccc1/C=C(\C(C)=O)C(=O)OC(C)(C)C. The molecule has 21 heavy (non-hydrogen) atoms. The molecule has 5 nitrogen and oxygen atoms in total. The first-order valence-corrected chi connectivity index (χ1v) is 6.53. The second-order valence-corrected chi connectivity index (χ2v) is 5.62.